The lowest BCUT2D eigenvalue weighted by Crippen LogP contribution is -2.37. The Labute approximate surface area is 111 Å². The van der Waals surface area contributed by atoms with Gasteiger partial charge in [0.05, 0.1) is 12.8 Å². The van der Waals surface area contributed by atoms with Crippen molar-refractivity contribution < 1.29 is 14.0 Å². The Bertz CT molecular complexity index is 457. The summed E-state index contributed by atoms with van der Waals surface area (Å²) in [6.07, 6.45) is 6.70. The van der Waals surface area contributed by atoms with Gasteiger partial charge in [0.15, 0.2) is 0 Å². The lowest BCUT2D eigenvalue weighted by molar-refractivity contribution is -0.139. The fraction of sp³-hybridized carbons (Fsp3) is 0.462. The molecule has 0 spiro atoms. The Kier molecular flexibility index (Phi) is 4.72. The van der Waals surface area contributed by atoms with Crippen molar-refractivity contribution in [3.8, 4) is 0 Å². The minimum Gasteiger partial charge on any atom is -0.467 e. The third-order valence-electron chi connectivity index (χ3n) is 2.96. The number of amides is 2. The Morgan fingerprint density at radius 1 is 1.21 bits per heavy atom. The summed E-state index contributed by atoms with van der Waals surface area (Å²) < 4.78 is 5.04. The normalized spacial score (nSPS) is 14.8. The fourth-order valence-corrected chi connectivity index (χ4v) is 1.91. The largest absolute Gasteiger partial charge is 0.467 e. The molecule has 6 heteroatoms. The molecule has 0 radical (unpaired) electrons. The van der Waals surface area contributed by atoms with Gasteiger partial charge in [-0.25, -0.2) is 5.43 Å². The number of furan rings is 1. The van der Waals surface area contributed by atoms with Crippen LogP contribution in [0.4, 0.5) is 0 Å². The maximum atomic E-state index is 11.5. The van der Waals surface area contributed by atoms with Gasteiger partial charge in [-0.15, -0.1) is 0 Å². The third-order valence-corrected chi connectivity index (χ3v) is 2.96. The van der Waals surface area contributed by atoms with Crippen LogP contribution in [0.25, 0.3) is 0 Å². The van der Waals surface area contributed by atoms with Crippen molar-refractivity contribution in [2.45, 2.75) is 38.6 Å². The van der Waals surface area contributed by atoms with E-state index in [1.807, 2.05) is 0 Å². The van der Waals surface area contributed by atoms with Crippen molar-refractivity contribution in [2.75, 3.05) is 0 Å². The average molecular weight is 263 g/mol. The second-order valence-electron chi connectivity index (χ2n) is 4.44. The molecule has 19 heavy (non-hydrogen) atoms. The van der Waals surface area contributed by atoms with Gasteiger partial charge < -0.3 is 9.73 Å². The van der Waals surface area contributed by atoms with Gasteiger partial charge in [-0.2, -0.15) is 5.10 Å². The van der Waals surface area contributed by atoms with E-state index >= 15 is 0 Å². The van der Waals surface area contributed by atoms with Gasteiger partial charge in [-0.1, -0.05) is 6.42 Å². The summed E-state index contributed by atoms with van der Waals surface area (Å²) in [5.74, 6) is -0.860. The molecule has 1 fully saturated rings. The molecule has 0 atom stereocenters. The van der Waals surface area contributed by atoms with E-state index in [-0.39, 0.29) is 6.54 Å². The quantitative estimate of drug-likeness (QED) is 0.637. The molecule has 2 N–H and O–H groups in total. The molecular weight excluding hydrogens is 246 g/mol. The molecule has 1 aromatic heterocycles. The zero-order valence-electron chi connectivity index (χ0n) is 10.6. The van der Waals surface area contributed by atoms with Crippen molar-refractivity contribution in [3.63, 3.8) is 0 Å². The first-order chi connectivity index (χ1) is 9.25. The van der Waals surface area contributed by atoms with Crippen LogP contribution in [-0.4, -0.2) is 17.5 Å². The summed E-state index contributed by atoms with van der Waals surface area (Å²) in [6.45, 7) is 0.190. The van der Waals surface area contributed by atoms with Crippen molar-refractivity contribution >= 4 is 17.5 Å². The van der Waals surface area contributed by atoms with Crippen molar-refractivity contribution in [2.24, 2.45) is 5.10 Å². The number of hydrogen-bond acceptors (Lipinski definition) is 4. The van der Waals surface area contributed by atoms with Gasteiger partial charge in [0.25, 0.3) is 0 Å². The predicted molar refractivity (Wildman–Crippen MR) is 69.2 cm³/mol. The van der Waals surface area contributed by atoms with Crippen LogP contribution in [0.3, 0.4) is 0 Å². The third kappa shape index (κ3) is 4.24. The molecular formula is C13H17N3O3. The lowest BCUT2D eigenvalue weighted by Gasteiger charge is -2.11. The summed E-state index contributed by atoms with van der Waals surface area (Å²) in [5, 5.41) is 6.44. The van der Waals surface area contributed by atoms with Crippen molar-refractivity contribution in [1.29, 1.82) is 0 Å². The molecule has 0 unspecified atom stereocenters. The number of hydrazone groups is 1. The highest BCUT2D eigenvalue weighted by Crippen LogP contribution is 2.14. The second kappa shape index (κ2) is 6.72. The highest BCUT2D eigenvalue weighted by Gasteiger charge is 2.14. The molecule has 1 aliphatic carbocycles. The Hall–Kier alpha value is -2.11. The van der Waals surface area contributed by atoms with Crippen LogP contribution in [-0.2, 0) is 16.1 Å². The molecule has 6 nitrogen and oxygen atoms in total. The summed E-state index contributed by atoms with van der Waals surface area (Å²) in [6, 6.07) is 3.44. The molecule has 2 rings (SSSR count). The van der Waals surface area contributed by atoms with Crippen molar-refractivity contribution in [3.05, 3.63) is 24.2 Å². The molecule has 2 amide bonds. The van der Waals surface area contributed by atoms with Crippen LogP contribution in [0.2, 0.25) is 0 Å². The Morgan fingerprint density at radius 3 is 2.68 bits per heavy atom. The average Bonchev–Trinajstić information content (AvgIpc) is 2.96. The SMILES string of the molecule is O=C(NCc1ccco1)C(=O)NN=C1CCCCC1. The number of carbonyl (C=O) groups excluding carboxylic acids is 2. The first kappa shape index (κ1) is 13.3. The van der Waals surface area contributed by atoms with E-state index in [0.717, 1.165) is 31.4 Å². The summed E-state index contributed by atoms with van der Waals surface area (Å²) in [7, 11) is 0. The lowest BCUT2D eigenvalue weighted by atomic mass is 9.99. The van der Waals surface area contributed by atoms with E-state index in [4.69, 9.17) is 4.42 Å². The Balaban J connectivity index is 1.74. The molecule has 0 aromatic carbocycles. The van der Waals surface area contributed by atoms with Crippen LogP contribution in [0.15, 0.2) is 27.9 Å². The Morgan fingerprint density at radius 2 is 2.00 bits per heavy atom. The molecule has 102 valence electrons. The topological polar surface area (TPSA) is 83.7 Å². The molecule has 0 saturated heterocycles. The molecule has 1 saturated carbocycles. The maximum Gasteiger partial charge on any atom is 0.329 e. The zero-order chi connectivity index (χ0) is 13.5. The predicted octanol–water partition coefficient (Wildman–Crippen LogP) is 1.33. The molecule has 0 aliphatic heterocycles. The van der Waals surface area contributed by atoms with Crippen LogP contribution in [0.5, 0.6) is 0 Å². The van der Waals surface area contributed by atoms with Gasteiger partial charge in [-0.3, -0.25) is 9.59 Å². The van der Waals surface area contributed by atoms with E-state index in [0.29, 0.717) is 5.76 Å². The van der Waals surface area contributed by atoms with Gasteiger partial charge in [0.1, 0.15) is 5.76 Å². The molecule has 0 bridgehead atoms. The fourth-order valence-electron chi connectivity index (χ4n) is 1.91. The minimum atomic E-state index is -0.746. The zero-order valence-corrected chi connectivity index (χ0v) is 10.6. The first-order valence-corrected chi connectivity index (χ1v) is 6.41. The molecule has 1 aliphatic rings. The number of carbonyl (C=O) groups is 2. The van der Waals surface area contributed by atoms with Gasteiger partial charge >= 0.3 is 11.8 Å². The van der Waals surface area contributed by atoms with Crippen molar-refractivity contribution in [1.82, 2.24) is 10.7 Å². The van der Waals surface area contributed by atoms with Crippen LogP contribution in [0.1, 0.15) is 37.9 Å². The first-order valence-electron chi connectivity index (χ1n) is 6.41. The smallest absolute Gasteiger partial charge is 0.329 e. The van der Waals surface area contributed by atoms with Crippen LogP contribution < -0.4 is 10.7 Å². The minimum absolute atomic E-state index is 0.190. The highest BCUT2D eigenvalue weighted by molar-refractivity contribution is 6.35. The van der Waals surface area contributed by atoms with Gasteiger partial charge in [0.2, 0.25) is 0 Å². The van der Waals surface area contributed by atoms with E-state index < -0.39 is 11.8 Å². The van der Waals surface area contributed by atoms with Crippen LogP contribution >= 0.6 is 0 Å². The standard InChI is InChI=1S/C13H17N3O3/c17-12(14-9-11-7-4-8-19-11)13(18)16-15-10-5-2-1-3-6-10/h4,7-8H,1-3,5-6,9H2,(H,14,17)(H,16,18). The van der Waals surface area contributed by atoms with E-state index in [2.05, 4.69) is 15.8 Å². The second-order valence-corrected chi connectivity index (χ2v) is 4.44. The number of nitrogens with one attached hydrogen (secondary N) is 2. The number of nitrogens with zero attached hydrogens (tertiary/aromatic N) is 1. The number of rotatable bonds is 3. The summed E-state index contributed by atoms with van der Waals surface area (Å²) in [4.78, 5) is 23.0. The highest BCUT2D eigenvalue weighted by atomic mass is 16.3. The van der Waals surface area contributed by atoms with Crippen LogP contribution in [0, 0.1) is 0 Å². The summed E-state index contributed by atoms with van der Waals surface area (Å²) in [5.41, 5.74) is 3.25. The monoisotopic (exact) mass is 263 g/mol. The van der Waals surface area contributed by atoms with E-state index in [1.165, 1.54) is 12.7 Å². The van der Waals surface area contributed by atoms with Gasteiger partial charge in [0, 0.05) is 5.71 Å². The number of hydrogen-bond donors (Lipinski definition) is 2. The maximum absolute atomic E-state index is 11.5. The molecule has 1 aromatic rings. The molecule has 1 heterocycles. The summed E-state index contributed by atoms with van der Waals surface area (Å²) >= 11 is 0. The van der Waals surface area contributed by atoms with Gasteiger partial charge in [-0.05, 0) is 37.8 Å². The van der Waals surface area contributed by atoms with E-state index in [9.17, 15) is 9.59 Å². The van der Waals surface area contributed by atoms with E-state index in [1.54, 1.807) is 12.1 Å².